The Bertz CT molecular complexity index is 256. The summed E-state index contributed by atoms with van der Waals surface area (Å²) in [6.07, 6.45) is 6.97. The van der Waals surface area contributed by atoms with Gasteiger partial charge in [0.25, 0.3) is 11.8 Å². The van der Waals surface area contributed by atoms with E-state index in [2.05, 4.69) is 12.2 Å². The molecule has 1 aliphatic heterocycles. The minimum atomic E-state index is -0.169. The zero-order valence-corrected chi connectivity index (χ0v) is 9.87. The van der Waals surface area contributed by atoms with Gasteiger partial charge in [0, 0.05) is 18.7 Å². The van der Waals surface area contributed by atoms with Crippen LogP contribution >= 0.6 is 0 Å². The zero-order chi connectivity index (χ0) is 11.8. The van der Waals surface area contributed by atoms with Gasteiger partial charge in [0.1, 0.15) is 0 Å². The van der Waals surface area contributed by atoms with Crippen LogP contribution in [-0.2, 0) is 9.59 Å². The van der Waals surface area contributed by atoms with Crippen molar-refractivity contribution in [2.45, 2.75) is 32.6 Å². The molecule has 0 spiro atoms. The number of hydrogen-bond donors (Lipinski definition) is 1. The van der Waals surface area contributed by atoms with Crippen LogP contribution in [-0.4, -0.2) is 36.3 Å². The van der Waals surface area contributed by atoms with Crippen LogP contribution in [0.5, 0.6) is 0 Å². The lowest BCUT2D eigenvalue weighted by molar-refractivity contribution is -0.136. The lowest BCUT2D eigenvalue weighted by Crippen LogP contribution is -2.30. The van der Waals surface area contributed by atoms with Gasteiger partial charge in [-0.1, -0.05) is 19.8 Å². The number of unbranched alkanes of at least 4 members (excludes halogenated alkanes) is 3. The van der Waals surface area contributed by atoms with Crippen molar-refractivity contribution in [1.29, 1.82) is 0 Å². The smallest absolute Gasteiger partial charge is 0.253 e. The van der Waals surface area contributed by atoms with Gasteiger partial charge in [-0.05, 0) is 25.9 Å². The second-order valence-electron chi connectivity index (χ2n) is 3.93. The Kier molecular flexibility index (Phi) is 5.78. The summed E-state index contributed by atoms with van der Waals surface area (Å²) < 4.78 is 0. The van der Waals surface area contributed by atoms with Crippen molar-refractivity contribution in [2.75, 3.05) is 19.6 Å². The third-order valence-corrected chi connectivity index (χ3v) is 2.64. The molecule has 16 heavy (non-hydrogen) atoms. The molecule has 0 aromatic rings. The second-order valence-corrected chi connectivity index (χ2v) is 3.93. The number of carbonyl (C=O) groups is 2. The second kappa shape index (κ2) is 7.17. The van der Waals surface area contributed by atoms with Gasteiger partial charge < -0.3 is 5.32 Å². The van der Waals surface area contributed by atoms with Crippen molar-refractivity contribution < 1.29 is 9.59 Å². The van der Waals surface area contributed by atoms with Crippen molar-refractivity contribution >= 4 is 11.8 Å². The lowest BCUT2D eigenvalue weighted by atomic mass is 10.2. The quantitative estimate of drug-likeness (QED) is 0.496. The van der Waals surface area contributed by atoms with Crippen LogP contribution in [0, 0.1) is 0 Å². The number of nitrogens with one attached hydrogen (secondary N) is 1. The summed E-state index contributed by atoms with van der Waals surface area (Å²) in [7, 11) is 0. The molecule has 1 aliphatic rings. The lowest BCUT2D eigenvalue weighted by Gasteiger charge is -2.12. The largest absolute Gasteiger partial charge is 0.317 e. The fourth-order valence-electron chi connectivity index (χ4n) is 1.70. The highest BCUT2D eigenvalue weighted by Crippen LogP contribution is 2.07. The summed E-state index contributed by atoms with van der Waals surface area (Å²) in [5.41, 5.74) is 0. The molecule has 4 nitrogen and oxygen atoms in total. The number of hydrogen-bond acceptors (Lipinski definition) is 3. The fraction of sp³-hybridized carbons (Fsp3) is 0.667. The zero-order valence-electron chi connectivity index (χ0n) is 9.87. The van der Waals surface area contributed by atoms with Crippen LogP contribution < -0.4 is 5.32 Å². The molecule has 1 rings (SSSR count). The molecule has 0 aromatic heterocycles. The molecule has 90 valence electrons. The first-order valence-electron chi connectivity index (χ1n) is 6.00. The SMILES string of the molecule is CCNCCCCCCN1C(=O)C=CC1=O. The van der Waals surface area contributed by atoms with Crippen LogP contribution in [0.1, 0.15) is 32.6 Å². The van der Waals surface area contributed by atoms with Crippen molar-refractivity contribution in [1.82, 2.24) is 10.2 Å². The summed E-state index contributed by atoms with van der Waals surface area (Å²) in [6, 6.07) is 0. The molecule has 0 radical (unpaired) electrons. The standard InChI is InChI=1S/C12H20N2O2/c1-2-13-9-5-3-4-6-10-14-11(15)7-8-12(14)16/h7-8,13H,2-6,9-10H2,1H3. The predicted octanol–water partition coefficient (Wildman–Crippen LogP) is 1.08. The molecule has 1 N–H and O–H groups in total. The molecule has 4 heteroatoms. The normalized spacial score (nSPS) is 15.2. The summed E-state index contributed by atoms with van der Waals surface area (Å²) in [6.45, 7) is 4.73. The minimum Gasteiger partial charge on any atom is -0.317 e. The first-order valence-corrected chi connectivity index (χ1v) is 6.00. The Balaban J connectivity index is 1.99. The summed E-state index contributed by atoms with van der Waals surface area (Å²) >= 11 is 0. The van der Waals surface area contributed by atoms with E-state index >= 15 is 0 Å². The molecule has 0 saturated heterocycles. The Morgan fingerprint density at radius 3 is 2.31 bits per heavy atom. The summed E-state index contributed by atoms with van der Waals surface area (Å²) in [5.74, 6) is -0.338. The van der Waals surface area contributed by atoms with Crippen molar-refractivity contribution in [2.24, 2.45) is 0 Å². The van der Waals surface area contributed by atoms with Crippen molar-refractivity contribution in [3.63, 3.8) is 0 Å². The average Bonchev–Trinajstić information content (AvgIpc) is 2.59. The van der Waals surface area contributed by atoms with Crippen LogP contribution in [0.15, 0.2) is 12.2 Å². The van der Waals surface area contributed by atoms with E-state index < -0.39 is 0 Å². The van der Waals surface area contributed by atoms with E-state index in [1.807, 2.05) is 0 Å². The molecular formula is C12H20N2O2. The van der Waals surface area contributed by atoms with Gasteiger partial charge in [0.05, 0.1) is 0 Å². The summed E-state index contributed by atoms with van der Waals surface area (Å²) in [5, 5.41) is 3.27. The minimum absolute atomic E-state index is 0.169. The maximum atomic E-state index is 11.2. The Morgan fingerprint density at radius 2 is 1.69 bits per heavy atom. The van der Waals surface area contributed by atoms with E-state index in [-0.39, 0.29) is 11.8 Å². The molecule has 0 saturated carbocycles. The van der Waals surface area contributed by atoms with Crippen LogP contribution in [0.3, 0.4) is 0 Å². The Hall–Kier alpha value is -1.16. The van der Waals surface area contributed by atoms with Gasteiger partial charge in [-0.2, -0.15) is 0 Å². The highest BCUT2D eigenvalue weighted by Gasteiger charge is 2.21. The maximum Gasteiger partial charge on any atom is 0.253 e. The Labute approximate surface area is 96.7 Å². The van der Waals surface area contributed by atoms with Crippen molar-refractivity contribution in [3.8, 4) is 0 Å². The van der Waals surface area contributed by atoms with Crippen molar-refractivity contribution in [3.05, 3.63) is 12.2 Å². The maximum absolute atomic E-state index is 11.2. The van der Waals surface area contributed by atoms with Gasteiger partial charge in [-0.15, -0.1) is 0 Å². The van der Waals surface area contributed by atoms with Crippen LogP contribution in [0.2, 0.25) is 0 Å². The Morgan fingerprint density at radius 1 is 1.06 bits per heavy atom. The topological polar surface area (TPSA) is 49.4 Å². The van der Waals surface area contributed by atoms with E-state index in [4.69, 9.17) is 0 Å². The van der Waals surface area contributed by atoms with Crippen LogP contribution in [0.4, 0.5) is 0 Å². The van der Waals surface area contributed by atoms with E-state index in [0.717, 1.165) is 38.8 Å². The highest BCUT2D eigenvalue weighted by atomic mass is 16.2. The van der Waals surface area contributed by atoms with Crippen LogP contribution in [0.25, 0.3) is 0 Å². The van der Waals surface area contributed by atoms with E-state index in [1.165, 1.54) is 17.1 Å². The van der Waals surface area contributed by atoms with Gasteiger partial charge in [-0.25, -0.2) is 0 Å². The molecule has 0 aromatic carbocycles. The van der Waals surface area contributed by atoms with E-state index in [0.29, 0.717) is 6.54 Å². The molecule has 0 bridgehead atoms. The molecule has 1 heterocycles. The predicted molar refractivity (Wildman–Crippen MR) is 62.9 cm³/mol. The number of imide groups is 1. The molecule has 0 unspecified atom stereocenters. The number of carbonyl (C=O) groups excluding carboxylic acids is 2. The molecular weight excluding hydrogens is 204 g/mol. The number of rotatable bonds is 8. The fourth-order valence-corrected chi connectivity index (χ4v) is 1.70. The van der Waals surface area contributed by atoms with Gasteiger partial charge in [0.15, 0.2) is 0 Å². The van der Waals surface area contributed by atoms with E-state index in [9.17, 15) is 9.59 Å². The average molecular weight is 224 g/mol. The first kappa shape index (κ1) is 12.9. The number of amides is 2. The number of nitrogens with zero attached hydrogens (tertiary/aromatic N) is 1. The van der Waals surface area contributed by atoms with E-state index in [1.54, 1.807) is 0 Å². The third kappa shape index (κ3) is 4.14. The molecule has 0 aliphatic carbocycles. The monoisotopic (exact) mass is 224 g/mol. The first-order chi connectivity index (χ1) is 7.75. The molecule has 0 fully saturated rings. The summed E-state index contributed by atoms with van der Waals surface area (Å²) in [4.78, 5) is 23.7. The molecule has 0 atom stereocenters. The highest BCUT2D eigenvalue weighted by molar-refractivity contribution is 6.12. The molecule has 2 amide bonds. The van der Waals surface area contributed by atoms with Gasteiger partial charge in [0.2, 0.25) is 0 Å². The third-order valence-electron chi connectivity index (χ3n) is 2.64. The van der Waals surface area contributed by atoms with Gasteiger partial charge >= 0.3 is 0 Å². The van der Waals surface area contributed by atoms with Gasteiger partial charge in [-0.3, -0.25) is 14.5 Å².